The molecular weight excluding hydrogens is 555 g/mol. The van der Waals surface area contributed by atoms with E-state index in [2.05, 4.69) is 10.5 Å². The number of ether oxygens (including phenoxy) is 1. The number of sulfone groups is 1. The van der Waals surface area contributed by atoms with Crippen LogP contribution in [0.5, 0.6) is 0 Å². The van der Waals surface area contributed by atoms with E-state index in [1.165, 1.54) is 36.1 Å². The number of hydroxylamine groups is 3. The normalized spacial score (nSPS) is 17.5. The van der Waals surface area contributed by atoms with Crippen LogP contribution in [0, 0.1) is 5.82 Å². The van der Waals surface area contributed by atoms with Gasteiger partial charge in [-0.2, -0.15) is 5.06 Å². The van der Waals surface area contributed by atoms with Gasteiger partial charge in [-0.15, -0.1) is 0 Å². The topological polar surface area (TPSA) is 129 Å². The molecule has 41 heavy (non-hydrogen) atoms. The number of rotatable bonds is 11. The van der Waals surface area contributed by atoms with Crippen LogP contribution in [0.2, 0.25) is 0 Å². The summed E-state index contributed by atoms with van der Waals surface area (Å²) in [5, 5.41) is 1.81. The minimum absolute atomic E-state index is 0.0803. The van der Waals surface area contributed by atoms with Crippen LogP contribution in [0.3, 0.4) is 0 Å². The standard InChI is InChI=1S/C28H35FN4O7S/c1-28(41(4,36)37,27(35)31-40-25-7-5-6-14-39-25)12-13-33-18-30-24-16-20(10-11-22(24)26(33)34)19-8-9-21(23(29)15-19)17-32(2)38-3/h8-11,15-16,18,25H,5-7,12-14,17H2,1-4H3,(H,31,35)/t25?,28-/m1/s1. The number of fused-ring (bicyclic) bond motifs is 1. The number of carbonyl (C=O) groups excluding carboxylic acids is 1. The molecule has 1 aliphatic heterocycles. The maximum atomic E-state index is 14.7. The zero-order chi connectivity index (χ0) is 29.8. The lowest BCUT2D eigenvalue weighted by molar-refractivity contribution is -0.201. The molecule has 2 heterocycles. The van der Waals surface area contributed by atoms with Gasteiger partial charge >= 0.3 is 0 Å². The van der Waals surface area contributed by atoms with Gasteiger partial charge in [-0.25, -0.2) is 28.1 Å². The first-order chi connectivity index (χ1) is 19.4. The lowest BCUT2D eigenvalue weighted by atomic mass is 10.0. The maximum Gasteiger partial charge on any atom is 0.264 e. The lowest BCUT2D eigenvalue weighted by Gasteiger charge is -2.28. The van der Waals surface area contributed by atoms with Gasteiger partial charge in [0.2, 0.25) is 0 Å². The van der Waals surface area contributed by atoms with Crippen molar-refractivity contribution in [1.82, 2.24) is 20.1 Å². The second-order valence-electron chi connectivity index (χ2n) is 10.3. The number of carbonyl (C=O) groups is 1. The van der Waals surface area contributed by atoms with Gasteiger partial charge < -0.3 is 9.57 Å². The third kappa shape index (κ3) is 6.99. The number of aryl methyl sites for hydroxylation is 1. The van der Waals surface area contributed by atoms with Crippen LogP contribution in [0.1, 0.15) is 38.2 Å². The average molecular weight is 591 g/mol. The molecule has 1 unspecified atom stereocenters. The molecule has 1 amide bonds. The molecule has 222 valence electrons. The van der Waals surface area contributed by atoms with Gasteiger partial charge in [-0.05, 0) is 55.5 Å². The highest BCUT2D eigenvalue weighted by atomic mass is 32.2. The SMILES string of the molecule is CON(C)Cc1ccc(-c2ccc3c(=O)n(CC[C@](C)(C(=O)NOC4CCCCO4)S(C)(=O)=O)cnc3c2)cc1F. The first-order valence-electron chi connectivity index (χ1n) is 13.2. The maximum absolute atomic E-state index is 14.7. The van der Waals surface area contributed by atoms with Gasteiger partial charge in [0.25, 0.3) is 11.5 Å². The van der Waals surface area contributed by atoms with Gasteiger partial charge in [0, 0.05) is 38.4 Å². The quantitative estimate of drug-likeness (QED) is 0.335. The molecule has 1 aromatic heterocycles. The molecule has 0 saturated carbocycles. The molecular formula is C28H35FN4O7S. The van der Waals surface area contributed by atoms with Crippen molar-refractivity contribution in [2.45, 2.75) is 56.7 Å². The Balaban J connectivity index is 1.51. The summed E-state index contributed by atoms with van der Waals surface area (Å²) in [7, 11) is -0.693. The molecule has 3 aromatic rings. The van der Waals surface area contributed by atoms with Gasteiger partial charge in [0.1, 0.15) is 5.82 Å². The van der Waals surface area contributed by atoms with Crippen molar-refractivity contribution in [2.75, 3.05) is 27.0 Å². The van der Waals surface area contributed by atoms with Crippen LogP contribution in [0.4, 0.5) is 4.39 Å². The van der Waals surface area contributed by atoms with Crippen LogP contribution in [0.15, 0.2) is 47.5 Å². The molecule has 1 aliphatic rings. The summed E-state index contributed by atoms with van der Waals surface area (Å²) < 4.78 is 44.8. The molecule has 0 spiro atoms. The molecule has 2 aromatic carbocycles. The molecule has 0 bridgehead atoms. The Morgan fingerprint density at radius 2 is 1.98 bits per heavy atom. The molecule has 1 saturated heterocycles. The molecule has 2 atom stereocenters. The Kier molecular flexibility index (Phi) is 9.55. The van der Waals surface area contributed by atoms with Gasteiger partial charge in [-0.3, -0.25) is 14.2 Å². The molecule has 11 nitrogen and oxygen atoms in total. The summed E-state index contributed by atoms with van der Waals surface area (Å²) >= 11 is 0. The predicted molar refractivity (Wildman–Crippen MR) is 151 cm³/mol. The van der Waals surface area contributed by atoms with E-state index in [1.807, 2.05) is 0 Å². The Morgan fingerprint density at radius 1 is 1.24 bits per heavy atom. The monoisotopic (exact) mass is 590 g/mol. The Morgan fingerprint density at radius 3 is 2.63 bits per heavy atom. The van der Waals surface area contributed by atoms with E-state index in [-0.39, 0.29) is 25.3 Å². The highest BCUT2D eigenvalue weighted by molar-refractivity contribution is 7.92. The van der Waals surface area contributed by atoms with Crippen molar-refractivity contribution >= 4 is 26.6 Å². The fraction of sp³-hybridized carbons (Fsp3) is 0.464. The molecule has 1 fully saturated rings. The van der Waals surface area contributed by atoms with Crippen LogP contribution in [0.25, 0.3) is 22.0 Å². The minimum Gasteiger partial charge on any atom is -0.350 e. The number of nitrogens with one attached hydrogen (secondary N) is 1. The zero-order valence-electron chi connectivity index (χ0n) is 23.6. The van der Waals surface area contributed by atoms with E-state index in [9.17, 15) is 22.4 Å². The highest BCUT2D eigenvalue weighted by Gasteiger charge is 2.44. The van der Waals surface area contributed by atoms with Crippen molar-refractivity contribution < 1.29 is 32.0 Å². The summed E-state index contributed by atoms with van der Waals surface area (Å²) in [6.45, 7) is 2.00. The Hall–Kier alpha value is -3.23. The summed E-state index contributed by atoms with van der Waals surface area (Å²) in [5.74, 6) is -1.22. The first kappa shape index (κ1) is 30.7. The second kappa shape index (κ2) is 12.7. The summed E-state index contributed by atoms with van der Waals surface area (Å²) in [6, 6.07) is 9.87. The average Bonchev–Trinajstić information content (AvgIpc) is 2.96. The van der Waals surface area contributed by atoms with Crippen LogP contribution >= 0.6 is 0 Å². The van der Waals surface area contributed by atoms with Crippen LogP contribution < -0.4 is 11.0 Å². The summed E-state index contributed by atoms with van der Waals surface area (Å²) in [5.41, 5.74) is 4.02. The van der Waals surface area contributed by atoms with E-state index < -0.39 is 32.3 Å². The Labute approximate surface area is 238 Å². The predicted octanol–water partition coefficient (Wildman–Crippen LogP) is 2.96. The van der Waals surface area contributed by atoms with Crippen molar-refractivity contribution in [3.8, 4) is 11.1 Å². The molecule has 0 aliphatic carbocycles. The largest absolute Gasteiger partial charge is 0.350 e. The molecule has 13 heteroatoms. The van der Waals surface area contributed by atoms with Gasteiger partial charge in [0.05, 0.1) is 30.9 Å². The number of hydrogen-bond donors (Lipinski definition) is 1. The van der Waals surface area contributed by atoms with Gasteiger partial charge in [-0.1, -0.05) is 18.2 Å². The second-order valence-corrected chi connectivity index (χ2v) is 12.8. The fourth-order valence-electron chi connectivity index (χ4n) is 4.49. The van der Waals surface area contributed by atoms with E-state index in [0.29, 0.717) is 40.6 Å². The number of amides is 1. The lowest BCUT2D eigenvalue weighted by Crippen LogP contribution is -2.51. The van der Waals surface area contributed by atoms with Crippen molar-refractivity contribution in [3.05, 3.63) is 64.5 Å². The van der Waals surface area contributed by atoms with E-state index in [0.717, 1.165) is 19.1 Å². The number of hydrogen-bond acceptors (Lipinski definition) is 9. The zero-order valence-corrected chi connectivity index (χ0v) is 24.4. The molecule has 1 N–H and O–H groups in total. The fourth-order valence-corrected chi connectivity index (χ4v) is 5.33. The van der Waals surface area contributed by atoms with Crippen molar-refractivity contribution in [2.24, 2.45) is 0 Å². The Bertz CT molecular complexity index is 1570. The number of halogens is 1. The van der Waals surface area contributed by atoms with E-state index in [4.69, 9.17) is 14.4 Å². The minimum atomic E-state index is -3.90. The van der Waals surface area contributed by atoms with Crippen LogP contribution in [-0.2, 0) is 42.1 Å². The smallest absolute Gasteiger partial charge is 0.264 e. The first-order valence-corrected chi connectivity index (χ1v) is 15.1. The number of aromatic nitrogens is 2. The summed E-state index contributed by atoms with van der Waals surface area (Å²) in [4.78, 5) is 40.9. The number of benzene rings is 2. The third-order valence-corrected chi connectivity index (χ3v) is 9.49. The summed E-state index contributed by atoms with van der Waals surface area (Å²) in [6.07, 6.45) is 3.80. The van der Waals surface area contributed by atoms with E-state index >= 15 is 0 Å². The third-order valence-electron chi connectivity index (χ3n) is 7.47. The number of nitrogens with zero attached hydrogens (tertiary/aromatic N) is 3. The van der Waals surface area contributed by atoms with Crippen molar-refractivity contribution in [3.63, 3.8) is 0 Å². The molecule has 4 rings (SSSR count). The van der Waals surface area contributed by atoms with Gasteiger partial charge in [0.15, 0.2) is 20.9 Å². The van der Waals surface area contributed by atoms with E-state index in [1.54, 1.807) is 37.4 Å². The van der Waals surface area contributed by atoms with Crippen LogP contribution in [-0.4, -0.2) is 67.0 Å². The van der Waals surface area contributed by atoms with Crippen molar-refractivity contribution in [1.29, 1.82) is 0 Å². The molecule has 0 radical (unpaired) electrons. The highest BCUT2D eigenvalue weighted by Crippen LogP contribution is 2.26.